The minimum absolute atomic E-state index is 0.0477. The zero-order chi connectivity index (χ0) is 53.3. The summed E-state index contributed by atoms with van der Waals surface area (Å²) in [5.74, 6) is -3.00. The normalized spacial score (nSPS) is 17.9. The number of rotatable bonds is 28. The van der Waals surface area contributed by atoms with Crippen molar-refractivity contribution in [1.82, 2.24) is 26.6 Å². The number of aliphatic hydroxyl groups excluding tert-OH is 1. The van der Waals surface area contributed by atoms with Gasteiger partial charge in [0.25, 0.3) is 0 Å². The number of amides is 5. The summed E-state index contributed by atoms with van der Waals surface area (Å²) in [5.41, 5.74) is 1.67. The lowest BCUT2D eigenvalue weighted by Crippen LogP contribution is -2.47. The molecule has 8 atom stereocenters. The van der Waals surface area contributed by atoms with E-state index in [1.54, 1.807) is 0 Å². The molecule has 0 radical (unpaired) electrons. The highest BCUT2D eigenvalue weighted by molar-refractivity contribution is 5.93. The first-order valence-electron chi connectivity index (χ1n) is 25.7. The van der Waals surface area contributed by atoms with Crippen LogP contribution in [0, 0.1) is 47.3 Å². The number of hydrogen-bond acceptors (Lipinski definition) is 12. The molecule has 1 saturated heterocycles. The molecule has 5 amide bonds. The zero-order valence-corrected chi connectivity index (χ0v) is 43.6. The van der Waals surface area contributed by atoms with E-state index in [1.165, 1.54) is 0 Å². The predicted molar refractivity (Wildman–Crippen MR) is 272 cm³/mol. The average molecular weight is 1000 g/mol. The quantitative estimate of drug-likeness (QED) is 0.0496. The fourth-order valence-electron chi connectivity index (χ4n) is 9.07. The van der Waals surface area contributed by atoms with Gasteiger partial charge in [-0.05, 0) is 79.7 Å². The van der Waals surface area contributed by atoms with Gasteiger partial charge in [-0.1, -0.05) is 116 Å². The van der Waals surface area contributed by atoms with E-state index in [-0.39, 0.29) is 103 Å². The van der Waals surface area contributed by atoms with E-state index in [9.17, 15) is 48.3 Å². The molecule has 17 heteroatoms. The van der Waals surface area contributed by atoms with Gasteiger partial charge >= 0.3 is 12.2 Å². The van der Waals surface area contributed by atoms with E-state index in [4.69, 9.17) is 9.47 Å². The summed E-state index contributed by atoms with van der Waals surface area (Å²) >= 11 is 0. The van der Waals surface area contributed by atoms with Crippen LogP contribution < -0.4 is 26.6 Å². The lowest BCUT2D eigenvalue weighted by Gasteiger charge is -2.26. The van der Waals surface area contributed by atoms with Gasteiger partial charge < -0.3 is 46.0 Å². The van der Waals surface area contributed by atoms with Gasteiger partial charge in [-0.3, -0.25) is 28.8 Å². The molecule has 4 rings (SSSR count). The Hall–Kier alpha value is -5.97. The highest BCUT2D eigenvalue weighted by atomic mass is 16.6. The number of nitrogens with one attached hydrogen (secondary N) is 5. The molecule has 0 spiro atoms. The van der Waals surface area contributed by atoms with Crippen LogP contribution in [0.25, 0.3) is 0 Å². The molecular weight excluding hydrogens is 923 g/mol. The van der Waals surface area contributed by atoms with Crippen molar-refractivity contribution in [1.29, 1.82) is 0 Å². The van der Waals surface area contributed by atoms with Crippen molar-refractivity contribution in [2.24, 2.45) is 47.3 Å². The largest absolute Gasteiger partial charge is 0.445 e. The summed E-state index contributed by atoms with van der Waals surface area (Å²) in [6, 6.07) is 15.5. The van der Waals surface area contributed by atoms with Crippen molar-refractivity contribution in [3.05, 3.63) is 71.8 Å². The Morgan fingerprint density at radius 1 is 0.653 bits per heavy atom. The third-order valence-electron chi connectivity index (χ3n) is 12.9. The third-order valence-corrected chi connectivity index (χ3v) is 12.9. The Balaban J connectivity index is 0.000000380. The number of ketones is 3. The lowest BCUT2D eigenvalue weighted by molar-refractivity contribution is -0.132. The molecule has 17 nitrogen and oxygen atoms in total. The van der Waals surface area contributed by atoms with Gasteiger partial charge in [-0.25, -0.2) is 9.59 Å². The maximum absolute atomic E-state index is 13.2. The van der Waals surface area contributed by atoms with Crippen LogP contribution >= 0.6 is 0 Å². The monoisotopic (exact) mass is 1000 g/mol. The highest BCUT2D eigenvalue weighted by Gasteiger charge is 2.35. The standard InChI is InChI=1S/C28H40N2O6.C27H41N3O6/c1-18(2)13-22(27(34)29-23(16-31)14-21-11-8-12-24(21)32)15-25(33)26(19(3)4)30-28(35)36-17-20-9-6-5-7-10-20;1-17(2)12-21(26(34)29-22(15-31)13-20-10-11-28-25(20)33)14-23(32)24(18(3)4)30-27(35)36-16-19-8-6-5-7-9-19/h5-7,9-10,16,18-19,21-23,26H,8,11-15,17H2,1-4H3,(H,29,34)(H,30,35);5-9,17-18,20-22,24,31H,10-16H2,1-4H3,(H,28,33)(H,29,34)(H,30,35)/t21-,22+,23-,26-;20-,21+,22-,24-/m00/s1. The molecule has 2 aromatic carbocycles. The number of aliphatic hydroxyl groups is 1. The number of hydrogen-bond donors (Lipinski definition) is 6. The predicted octanol–water partition coefficient (Wildman–Crippen LogP) is 6.56. The summed E-state index contributed by atoms with van der Waals surface area (Å²) < 4.78 is 10.5. The minimum Gasteiger partial charge on any atom is -0.445 e. The van der Waals surface area contributed by atoms with E-state index in [0.29, 0.717) is 51.4 Å². The first-order chi connectivity index (χ1) is 34.2. The maximum atomic E-state index is 13.2. The van der Waals surface area contributed by atoms with Crippen LogP contribution in [0.3, 0.4) is 0 Å². The fraction of sp³-hybridized carbons (Fsp3) is 0.618. The van der Waals surface area contributed by atoms with E-state index < -0.39 is 48.2 Å². The molecule has 1 aliphatic carbocycles. The van der Waals surface area contributed by atoms with Gasteiger partial charge in [-0.15, -0.1) is 0 Å². The van der Waals surface area contributed by atoms with Crippen molar-refractivity contribution in [3.8, 4) is 0 Å². The topological polar surface area (TPSA) is 252 Å². The molecule has 0 unspecified atom stereocenters. The Kier molecular flexibility index (Phi) is 26.4. The molecule has 72 heavy (non-hydrogen) atoms. The minimum atomic E-state index is -0.811. The molecule has 6 N–H and O–H groups in total. The SMILES string of the molecule is CC(C)C[C@H](CC(=O)[C@@H](NC(=O)OCc1ccccc1)C(C)C)C(=O)N[C@H](C=O)C[C@@H]1CCCC1=O.CC(C)C[C@H](CC(=O)[C@@H](NC(=O)OCc1ccccc1)C(C)C)C(=O)N[C@H](CO)C[C@@H]1CCNC1=O. The highest BCUT2D eigenvalue weighted by Crippen LogP contribution is 2.26. The van der Waals surface area contributed by atoms with Gasteiger partial charge in [0, 0.05) is 49.5 Å². The van der Waals surface area contributed by atoms with Crippen molar-refractivity contribution in [3.63, 3.8) is 0 Å². The molecule has 2 aromatic rings. The molecule has 398 valence electrons. The van der Waals surface area contributed by atoms with Crippen molar-refractivity contribution in [2.75, 3.05) is 13.2 Å². The van der Waals surface area contributed by atoms with Gasteiger partial charge in [0.15, 0.2) is 11.6 Å². The molecule has 1 heterocycles. The summed E-state index contributed by atoms with van der Waals surface area (Å²) in [6.45, 7) is 15.6. The smallest absolute Gasteiger partial charge is 0.408 e. The molecule has 2 fully saturated rings. The second-order valence-corrected chi connectivity index (χ2v) is 20.8. The van der Waals surface area contributed by atoms with Crippen LogP contribution in [0.15, 0.2) is 60.7 Å². The molecule has 1 aliphatic heterocycles. The van der Waals surface area contributed by atoms with E-state index in [2.05, 4.69) is 26.6 Å². The number of aldehydes is 1. The van der Waals surface area contributed by atoms with Gasteiger partial charge in [0.2, 0.25) is 17.7 Å². The maximum Gasteiger partial charge on any atom is 0.408 e. The molecule has 1 saturated carbocycles. The Bertz CT molecular complexity index is 2060. The van der Waals surface area contributed by atoms with E-state index >= 15 is 0 Å². The van der Waals surface area contributed by atoms with Crippen LogP contribution in [0.2, 0.25) is 0 Å². The van der Waals surface area contributed by atoms with Crippen LogP contribution in [-0.2, 0) is 56.2 Å². The second-order valence-electron chi connectivity index (χ2n) is 20.8. The number of Topliss-reactive ketones (excluding diaryl/α,β-unsaturated/α-hetero) is 3. The fourth-order valence-corrected chi connectivity index (χ4v) is 9.07. The van der Waals surface area contributed by atoms with Crippen molar-refractivity contribution >= 4 is 53.5 Å². The number of benzene rings is 2. The summed E-state index contributed by atoms with van der Waals surface area (Å²) in [6.07, 6.45) is 3.46. The van der Waals surface area contributed by atoms with Crippen molar-refractivity contribution < 1.29 is 57.7 Å². The van der Waals surface area contributed by atoms with Crippen LogP contribution in [0.5, 0.6) is 0 Å². The average Bonchev–Trinajstić information content (AvgIpc) is 3.95. The Labute approximate surface area is 425 Å². The Morgan fingerprint density at radius 2 is 1.12 bits per heavy atom. The van der Waals surface area contributed by atoms with Crippen LogP contribution in [0.4, 0.5) is 9.59 Å². The molecular formula is C55H81N5O12. The van der Waals surface area contributed by atoms with Gasteiger partial charge in [0.05, 0.1) is 30.8 Å². The summed E-state index contributed by atoms with van der Waals surface area (Å²) in [4.78, 5) is 113. The number of alkyl carbamates (subject to hydrolysis) is 2. The second kappa shape index (κ2) is 31.5. The van der Waals surface area contributed by atoms with Crippen LogP contribution in [0.1, 0.15) is 131 Å². The van der Waals surface area contributed by atoms with Gasteiger partial charge in [-0.2, -0.15) is 0 Å². The summed E-state index contributed by atoms with van der Waals surface area (Å²) in [5, 5.41) is 23.5. The number of ether oxygens (including phenoxy) is 2. The van der Waals surface area contributed by atoms with Crippen molar-refractivity contribution in [2.45, 2.75) is 157 Å². The molecule has 0 aromatic heterocycles. The first-order valence-corrected chi connectivity index (χ1v) is 25.7. The van der Waals surface area contributed by atoms with E-state index in [0.717, 1.165) is 24.0 Å². The number of carbonyl (C=O) groups is 9. The van der Waals surface area contributed by atoms with E-state index in [1.807, 2.05) is 116 Å². The Morgan fingerprint density at radius 3 is 1.50 bits per heavy atom. The zero-order valence-electron chi connectivity index (χ0n) is 43.6. The molecule has 2 aliphatic rings. The van der Waals surface area contributed by atoms with Crippen LogP contribution in [-0.4, -0.2) is 96.0 Å². The lowest BCUT2D eigenvalue weighted by atomic mass is 9.87. The number of carbonyl (C=O) groups excluding carboxylic acids is 9. The first kappa shape index (κ1) is 60.3. The summed E-state index contributed by atoms with van der Waals surface area (Å²) in [7, 11) is 0. The molecule has 0 bridgehead atoms. The third kappa shape index (κ3) is 21.8. The van der Waals surface area contributed by atoms with Gasteiger partial charge in [0.1, 0.15) is 25.3 Å².